The number of nitrogens with one attached hydrogen (secondary N) is 2. The molecule has 0 aliphatic carbocycles. The fraction of sp³-hybridized carbons (Fsp3) is 0.118. The molecule has 0 radical (unpaired) electrons. The van der Waals surface area contributed by atoms with Gasteiger partial charge >= 0.3 is 0 Å². The Morgan fingerprint density at radius 2 is 1.14 bits per heavy atom. The largest absolute Gasteiger partial charge is 0.271 e. The number of benzene rings is 2. The molecule has 0 spiro atoms. The van der Waals surface area contributed by atoms with Crippen molar-refractivity contribution in [2.75, 3.05) is 0 Å². The van der Waals surface area contributed by atoms with Crippen LogP contribution in [0.3, 0.4) is 0 Å². The van der Waals surface area contributed by atoms with E-state index in [0.717, 1.165) is 11.1 Å². The SMILES string of the molecule is C(=CNOCc1ccccc1)=CNOCc1ccccc1. The number of rotatable bonds is 8. The van der Waals surface area contributed by atoms with Crippen molar-refractivity contribution in [3.8, 4) is 0 Å². The molecule has 4 heteroatoms. The molecule has 0 atom stereocenters. The van der Waals surface area contributed by atoms with Crippen LogP contribution in [0.25, 0.3) is 0 Å². The topological polar surface area (TPSA) is 42.5 Å². The Balaban J connectivity index is 1.55. The first kappa shape index (κ1) is 14.9. The molecule has 21 heavy (non-hydrogen) atoms. The van der Waals surface area contributed by atoms with E-state index in [1.807, 2.05) is 60.7 Å². The molecule has 2 aromatic rings. The predicted octanol–water partition coefficient (Wildman–Crippen LogP) is 3.06. The van der Waals surface area contributed by atoms with Crippen LogP contribution in [0.5, 0.6) is 0 Å². The van der Waals surface area contributed by atoms with Gasteiger partial charge in [-0.3, -0.25) is 20.6 Å². The van der Waals surface area contributed by atoms with Crippen LogP contribution in [0.1, 0.15) is 11.1 Å². The van der Waals surface area contributed by atoms with E-state index in [4.69, 9.17) is 9.68 Å². The van der Waals surface area contributed by atoms with Crippen molar-refractivity contribution in [1.29, 1.82) is 0 Å². The third-order valence-corrected chi connectivity index (χ3v) is 2.61. The monoisotopic (exact) mass is 282 g/mol. The van der Waals surface area contributed by atoms with E-state index in [-0.39, 0.29) is 0 Å². The molecule has 4 nitrogen and oxygen atoms in total. The van der Waals surface area contributed by atoms with Crippen LogP contribution in [0.2, 0.25) is 0 Å². The summed E-state index contributed by atoms with van der Waals surface area (Å²) < 4.78 is 0. The fourth-order valence-electron chi connectivity index (χ4n) is 1.59. The van der Waals surface area contributed by atoms with Crippen LogP contribution >= 0.6 is 0 Å². The smallest absolute Gasteiger partial charge is 0.0996 e. The second-order valence-corrected chi connectivity index (χ2v) is 4.24. The third kappa shape index (κ3) is 6.45. The zero-order chi connectivity index (χ0) is 14.6. The molecule has 0 amide bonds. The highest BCUT2D eigenvalue weighted by Gasteiger charge is 1.89. The van der Waals surface area contributed by atoms with E-state index < -0.39 is 0 Å². The Morgan fingerprint density at radius 3 is 1.57 bits per heavy atom. The van der Waals surface area contributed by atoms with Gasteiger partial charge in [0.25, 0.3) is 0 Å². The average molecular weight is 282 g/mol. The number of hydrogen-bond acceptors (Lipinski definition) is 4. The zero-order valence-corrected chi connectivity index (χ0v) is 11.7. The Labute approximate surface area is 124 Å². The van der Waals surface area contributed by atoms with Gasteiger partial charge in [0.05, 0.1) is 25.6 Å². The second kappa shape index (κ2) is 9.39. The molecule has 0 saturated heterocycles. The third-order valence-electron chi connectivity index (χ3n) is 2.61. The Bertz CT molecular complexity index is 514. The molecule has 0 aliphatic heterocycles. The first-order valence-electron chi connectivity index (χ1n) is 6.67. The summed E-state index contributed by atoms with van der Waals surface area (Å²) >= 11 is 0. The fourth-order valence-corrected chi connectivity index (χ4v) is 1.59. The lowest BCUT2D eigenvalue weighted by Crippen LogP contribution is -2.07. The molecule has 108 valence electrons. The molecule has 0 saturated carbocycles. The van der Waals surface area contributed by atoms with Gasteiger partial charge in [-0.25, -0.2) is 0 Å². The lowest BCUT2D eigenvalue weighted by molar-refractivity contribution is 0.0552. The van der Waals surface area contributed by atoms with Crippen LogP contribution in [-0.2, 0) is 22.9 Å². The maximum Gasteiger partial charge on any atom is 0.0996 e. The van der Waals surface area contributed by atoms with Crippen LogP contribution < -0.4 is 11.0 Å². The summed E-state index contributed by atoms with van der Waals surface area (Å²) in [5, 5.41) is 0. The molecule has 0 aromatic heterocycles. The van der Waals surface area contributed by atoms with Gasteiger partial charge < -0.3 is 0 Å². The van der Waals surface area contributed by atoms with E-state index >= 15 is 0 Å². The molecule has 0 unspecified atom stereocenters. The van der Waals surface area contributed by atoms with Gasteiger partial charge in [0.1, 0.15) is 0 Å². The van der Waals surface area contributed by atoms with E-state index in [1.165, 1.54) is 0 Å². The summed E-state index contributed by atoms with van der Waals surface area (Å²) in [7, 11) is 0. The van der Waals surface area contributed by atoms with Crippen molar-refractivity contribution in [1.82, 2.24) is 11.0 Å². The standard InChI is InChI=1S/C17H18N2O2/c1-3-8-16(9-4-1)14-20-18-12-7-13-19-21-15-17-10-5-2-6-11-17/h1-6,8-13,18-19H,14-15H2. The van der Waals surface area contributed by atoms with Crippen LogP contribution in [0, 0.1) is 0 Å². The Morgan fingerprint density at radius 1 is 0.714 bits per heavy atom. The summed E-state index contributed by atoms with van der Waals surface area (Å²) in [6, 6.07) is 19.8. The highest BCUT2D eigenvalue weighted by Crippen LogP contribution is 1.99. The molecule has 2 rings (SSSR count). The summed E-state index contributed by atoms with van der Waals surface area (Å²) in [5.41, 5.74) is 10.4. The van der Waals surface area contributed by atoms with E-state index in [1.54, 1.807) is 12.4 Å². The Kier molecular flexibility index (Phi) is 6.66. The lowest BCUT2D eigenvalue weighted by Gasteiger charge is -2.02. The highest BCUT2D eigenvalue weighted by atomic mass is 16.6. The van der Waals surface area contributed by atoms with Crippen molar-refractivity contribution in [2.24, 2.45) is 0 Å². The average Bonchev–Trinajstić information content (AvgIpc) is 2.55. The van der Waals surface area contributed by atoms with Gasteiger partial charge in [-0.15, -0.1) is 0 Å². The first-order chi connectivity index (χ1) is 10.4. The van der Waals surface area contributed by atoms with E-state index in [9.17, 15) is 0 Å². The summed E-state index contributed by atoms with van der Waals surface area (Å²) in [6.07, 6.45) is 3.11. The maximum absolute atomic E-state index is 5.24. The minimum absolute atomic E-state index is 0.497. The number of hydrogen-bond donors (Lipinski definition) is 2. The van der Waals surface area contributed by atoms with Gasteiger partial charge in [-0.2, -0.15) is 0 Å². The molecule has 0 bridgehead atoms. The summed E-state index contributed by atoms with van der Waals surface area (Å²) in [4.78, 5) is 10.5. The van der Waals surface area contributed by atoms with Crippen molar-refractivity contribution < 1.29 is 9.68 Å². The zero-order valence-electron chi connectivity index (χ0n) is 11.7. The van der Waals surface area contributed by atoms with Gasteiger partial charge in [0.15, 0.2) is 0 Å². The van der Waals surface area contributed by atoms with Crippen molar-refractivity contribution >= 4 is 0 Å². The predicted molar refractivity (Wildman–Crippen MR) is 81.4 cm³/mol. The van der Waals surface area contributed by atoms with Gasteiger partial charge in [0.2, 0.25) is 0 Å². The normalized spacial score (nSPS) is 9.52. The molecular weight excluding hydrogens is 264 g/mol. The maximum atomic E-state index is 5.24. The van der Waals surface area contributed by atoms with Gasteiger partial charge in [-0.05, 0) is 11.1 Å². The first-order valence-corrected chi connectivity index (χ1v) is 6.67. The quantitative estimate of drug-likeness (QED) is 0.443. The second-order valence-electron chi connectivity index (χ2n) is 4.24. The van der Waals surface area contributed by atoms with Crippen LogP contribution in [0.4, 0.5) is 0 Å². The highest BCUT2D eigenvalue weighted by molar-refractivity contribution is 5.14. The minimum Gasteiger partial charge on any atom is -0.271 e. The van der Waals surface area contributed by atoms with Gasteiger partial charge in [0, 0.05) is 0 Å². The van der Waals surface area contributed by atoms with Crippen LogP contribution in [-0.4, -0.2) is 0 Å². The van der Waals surface area contributed by atoms with E-state index in [0.29, 0.717) is 13.2 Å². The molecule has 2 N–H and O–H groups in total. The summed E-state index contributed by atoms with van der Waals surface area (Å²) in [5.74, 6) is 0. The van der Waals surface area contributed by atoms with Crippen molar-refractivity contribution in [2.45, 2.75) is 13.2 Å². The lowest BCUT2D eigenvalue weighted by atomic mass is 10.2. The molecule has 0 heterocycles. The van der Waals surface area contributed by atoms with E-state index in [2.05, 4.69) is 16.7 Å². The molecular formula is C17H18N2O2. The van der Waals surface area contributed by atoms with Crippen molar-refractivity contribution in [3.63, 3.8) is 0 Å². The number of hydroxylamine groups is 2. The molecule has 0 fully saturated rings. The Hall–Kier alpha value is -2.52. The molecule has 0 aliphatic rings. The minimum atomic E-state index is 0.497. The van der Waals surface area contributed by atoms with Crippen LogP contribution in [0.15, 0.2) is 78.8 Å². The van der Waals surface area contributed by atoms with Gasteiger partial charge in [-0.1, -0.05) is 66.4 Å². The summed E-state index contributed by atoms with van der Waals surface area (Å²) in [6.45, 7) is 0.994. The molecule has 2 aromatic carbocycles. The van der Waals surface area contributed by atoms with Crippen molar-refractivity contribution in [3.05, 3.63) is 89.9 Å².